The Morgan fingerprint density at radius 1 is 1.54 bits per heavy atom. The van der Waals surface area contributed by atoms with E-state index >= 15 is 0 Å². The van der Waals surface area contributed by atoms with Crippen LogP contribution in [-0.2, 0) is 15.5 Å². The topological polar surface area (TPSA) is 101 Å². The third kappa shape index (κ3) is 3.58. The Hall–Kier alpha value is -1.54. The minimum Gasteiger partial charge on any atom is -0.740 e. The molecule has 7 nitrogen and oxygen atoms in total. The summed E-state index contributed by atoms with van der Waals surface area (Å²) in [5.74, 6) is -0.141. The van der Waals surface area contributed by atoms with Crippen molar-refractivity contribution in [1.29, 1.82) is 0 Å². The lowest BCUT2D eigenvalue weighted by molar-refractivity contribution is 0.150. The molecule has 1 aromatic heterocycles. The molecular formula is C5H3N2O5S-. The van der Waals surface area contributed by atoms with Crippen LogP contribution in [0.25, 0.3) is 0 Å². The van der Waals surface area contributed by atoms with E-state index in [0.717, 1.165) is 6.20 Å². The Bertz CT molecular complexity index is 316. The normalized spacial score (nSPS) is 11.8. The van der Waals surface area contributed by atoms with Crippen molar-refractivity contribution >= 4 is 17.5 Å². The molecule has 0 spiro atoms. The van der Waals surface area contributed by atoms with Gasteiger partial charge in [0.2, 0.25) is 5.88 Å². The van der Waals surface area contributed by atoms with E-state index in [1.807, 2.05) is 0 Å². The molecule has 0 N–H and O–H groups in total. The van der Waals surface area contributed by atoms with Crippen molar-refractivity contribution in [3.8, 4) is 5.88 Å². The highest BCUT2D eigenvalue weighted by Crippen LogP contribution is 2.02. The van der Waals surface area contributed by atoms with E-state index in [1.165, 1.54) is 12.4 Å². The fourth-order valence-electron chi connectivity index (χ4n) is 0.496. The van der Waals surface area contributed by atoms with Gasteiger partial charge in [0.1, 0.15) is 11.4 Å². The van der Waals surface area contributed by atoms with Crippen molar-refractivity contribution < 1.29 is 22.5 Å². The molecule has 0 aliphatic heterocycles. The van der Waals surface area contributed by atoms with E-state index in [-0.39, 0.29) is 5.88 Å². The van der Waals surface area contributed by atoms with Crippen molar-refractivity contribution in [2.45, 2.75) is 0 Å². The number of carbonyl (C=O) groups is 1. The van der Waals surface area contributed by atoms with Crippen LogP contribution in [0.5, 0.6) is 5.88 Å². The first-order chi connectivity index (χ1) is 6.18. The van der Waals surface area contributed by atoms with Gasteiger partial charge in [-0.15, -0.1) is 0 Å². The predicted octanol–water partition coefficient (Wildman–Crippen LogP) is -0.214. The Balaban J connectivity index is 2.50. The monoisotopic (exact) mass is 203 g/mol. The summed E-state index contributed by atoms with van der Waals surface area (Å²) >= 11 is -2.94. The van der Waals surface area contributed by atoms with Gasteiger partial charge in [0.25, 0.3) is 0 Å². The summed E-state index contributed by atoms with van der Waals surface area (Å²) in [4.78, 5) is 17.6. The zero-order valence-electron chi connectivity index (χ0n) is 6.08. The third-order valence-corrected chi connectivity index (χ3v) is 1.14. The summed E-state index contributed by atoms with van der Waals surface area (Å²) in [5.41, 5.74) is 0. The zero-order chi connectivity index (χ0) is 9.68. The molecule has 1 unspecified atom stereocenters. The first-order valence-corrected chi connectivity index (χ1v) is 3.94. The summed E-state index contributed by atoms with van der Waals surface area (Å²) in [6.45, 7) is 0. The quantitative estimate of drug-likeness (QED) is 0.483. The molecular weight excluding hydrogens is 200 g/mol. The molecule has 1 rings (SSSR count). The first-order valence-electron chi connectivity index (χ1n) is 2.94. The van der Waals surface area contributed by atoms with Crippen LogP contribution in [0, 0.1) is 0 Å². The molecule has 1 atom stereocenters. The molecule has 0 aliphatic carbocycles. The van der Waals surface area contributed by atoms with Crippen LogP contribution >= 0.6 is 0 Å². The second-order valence-electron chi connectivity index (χ2n) is 1.68. The Morgan fingerprint density at radius 3 is 2.85 bits per heavy atom. The average molecular weight is 203 g/mol. The number of ether oxygens (including phenoxy) is 1. The van der Waals surface area contributed by atoms with Gasteiger partial charge in [0.05, 0.1) is 6.20 Å². The Kier molecular flexibility index (Phi) is 3.29. The number of hydrogen-bond acceptors (Lipinski definition) is 7. The van der Waals surface area contributed by atoms with Crippen LogP contribution in [0.3, 0.4) is 0 Å². The van der Waals surface area contributed by atoms with Gasteiger partial charge < -0.3 is 13.5 Å². The Labute approximate surface area is 75.2 Å². The molecule has 0 fully saturated rings. The molecule has 70 valence electrons. The minimum atomic E-state index is -2.94. The van der Waals surface area contributed by atoms with E-state index < -0.39 is 17.5 Å². The molecule has 0 aromatic carbocycles. The molecule has 0 bridgehead atoms. The number of hydrogen-bond donors (Lipinski definition) is 0. The highest BCUT2D eigenvalue weighted by Gasteiger charge is 2.06. The lowest BCUT2D eigenvalue weighted by Gasteiger charge is -2.04. The van der Waals surface area contributed by atoms with Crippen molar-refractivity contribution in [1.82, 2.24) is 9.97 Å². The first kappa shape index (κ1) is 9.55. The summed E-state index contributed by atoms with van der Waals surface area (Å²) in [7, 11) is 0. The molecule has 0 amide bonds. The number of carbonyl (C=O) groups excluding carboxylic acids is 1. The van der Waals surface area contributed by atoms with Crippen LogP contribution in [0.2, 0.25) is 0 Å². The van der Waals surface area contributed by atoms with Gasteiger partial charge in [-0.25, -0.2) is 14.0 Å². The molecule has 1 heterocycles. The second kappa shape index (κ2) is 4.48. The number of nitrogens with zero attached hydrogens (tertiary/aromatic N) is 2. The largest absolute Gasteiger partial charge is 0.740 e. The van der Waals surface area contributed by atoms with E-state index in [4.69, 9.17) is 0 Å². The van der Waals surface area contributed by atoms with Gasteiger partial charge in [0.15, 0.2) is 0 Å². The molecule has 0 saturated carbocycles. The second-order valence-corrected chi connectivity index (χ2v) is 2.26. The van der Waals surface area contributed by atoms with Crippen molar-refractivity contribution in [2.24, 2.45) is 0 Å². The van der Waals surface area contributed by atoms with Gasteiger partial charge in [-0.3, -0.25) is 4.98 Å². The summed E-state index contributed by atoms with van der Waals surface area (Å²) in [5, 5.41) is 0. The van der Waals surface area contributed by atoms with E-state index in [0.29, 0.717) is 0 Å². The van der Waals surface area contributed by atoms with Crippen LogP contribution < -0.4 is 4.74 Å². The van der Waals surface area contributed by atoms with Crippen molar-refractivity contribution in [3.05, 3.63) is 18.6 Å². The van der Waals surface area contributed by atoms with Crippen molar-refractivity contribution in [2.75, 3.05) is 0 Å². The molecule has 0 saturated heterocycles. The standard InChI is InChI=1S/C5H4N2O5S/c8-5(12-13(9)10)11-4-3-6-1-2-7-4/h1-3H,(H,9,10)/p-1. The summed E-state index contributed by atoms with van der Waals surface area (Å²) in [6.07, 6.45) is 2.39. The van der Waals surface area contributed by atoms with E-state index in [1.54, 1.807) is 0 Å². The lowest BCUT2D eigenvalue weighted by Crippen LogP contribution is -2.12. The minimum absolute atomic E-state index is 0.141. The van der Waals surface area contributed by atoms with Gasteiger partial charge in [-0.05, 0) is 0 Å². The smallest absolute Gasteiger partial charge is 0.528 e. The summed E-state index contributed by atoms with van der Waals surface area (Å²) < 4.78 is 27.6. The molecule has 1 aromatic rings. The zero-order valence-corrected chi connectivity index (χ0v) is 6.89. The number of rotatable bonds is 2. The van der Waals surface area contributed by atoms with Crippen LogP contribution in [0.4, 0.5) is 4.79 Å². The van der Waals surface area contributed by atoms with E-state index in [9.17, 15) is 13.6 Å². The molecule has 8 heteroatoms. The fourth-order valence-corrected chi connectivity index (χ4v) is 0.641. The fraction of sp³-hybridized carbons (Fsp3) is 0. The van der Waals surface area contributed by atoms with Gasteiger partial charge in [-0.1, -0.05) is 0 Å². The van der Waals surface area contributed by atoms with Gasteiger partial charge >= 0.3 is 6.16 Å². The predicted molar refractivity (Wildman–Crippen MR) is 38.1 cm³/mol. The maximum Gasteiger partial charge on any atom is 0.528 e. The van der Waals surface area contributed by atoms with Gasteiger partial charge in [-0.2, -0.15) is 0 Å². The summed E-state index contributed by atoms with van der Waals surface area (Å²) in [6, 6.07) is 0. The average Bonchev–Trinajstić information content (AvgIpc) is 2.04. The molecule has 0 aliphatic rings. The van der Waals surface area contributed by atoms with E-state index in [2.05, 4.69) is 18.9 Å². The Morgan fingerprint density at radius 2 is 2.31 bits per heavy atom. The molecule has 13 heavy (non-hydrogen) atoms. The third-order valence-electron chi connectivity index (χ3n) is 0.863. The number of aromatic nitrogens is 2. The maximum absolute atomic E-state index is 10.5. The van der Waals surface area contributed by atoms with Crippen LogP contribution in [0.15, 0.2) is 18.6 Å². The van der Waals surface area contributed by atoms with Gasteiger partial charge in [0, 0.05) is 12.4 Å². The highest BCUT2D eigenvalue weighted by atomic mass is 32.2. The molecule has 0 radical (unpaired) electrons. The van der Waals surface area contributed by atoms with Crippen LogP contribution in [0.1, 0.15) is 0 Å². The lowest BCUT2D eigenvalue weighted by atomic mass is 10.7. The van der Waals surface area contributed by atoms with Crippen molar-refractivity contribution in [3.63, 3.8) is 0 Å². The highest BCUT2D eigenvalue weighted by molar-refractivity contribution is 7.74. The van der Waals surface area contributed by atoms with Crippen LogP contribution in [-0.4, -0.2) is 24.9 Å². The SMILES string of the molecule is O=C(Oc1cnccn1)OS(=O)[O-]. The maximum atomic E-state index is 10.5.